The predicted octanol–water partition coefficient (Wildman–Crippen LogP) is 4.20. The number of carbonyl (C=O) groups excluding carboxylic acids is 1. The molecule has 0 bridgehead atoms. The van der Waals surface area contributed by atoms with Gasteiger partial charge in [-0.15, -0.1) is 0 Å². The van der Waals surface area contributed by atoms with Gasteiger partial charge in [-0.05, 0) is 49.6 Å². The molecule has 0 aliphatic heterocycles. The number of carbonyl (C=O) groups is 1. The molecule has 2 aromatic carbocycles. The molecular formula is C23H34N4O3S. The van der Waals surface area contributed by atoms with Crippen molar-refractivity contribution in [3.63, 3.8) is 0 Å². The third-order valence-electron chi connectivity index (χ3n) is 4.99. The summed E-state index contributed by atoms with van der Waals surface area (Å²) in [6.45, 7) is 6.56. The SMILES string of the molecule is CCCS(=O)(=O)Nc1ccc(N(C)C)c(CN(C(=O)NCC)C(C)c2ccccc2)c1. The van der Waals surface area contributed by atoms with Crippen molar-refractivity contribution in [2.45, 2.75) is 39.8 Å². The normalized spacial score (nSPS) is 12.2. The molecule has 31 heavy (non-hydrogen) atoms. The van der Waals surface area contributed by atoms with Crippen LogP contribution in [-0.2, 0) is 16.6 Å². The first kappa shape index (κ1) is 24.5. The van der Waals surface area contributed by atoms with Gasteiger partial charge in [0, 0.05) is 32.0 Å². The zero-order chi connectivity index (χ0) is 23.0. The molecule has 7 nitrogen and oxygen atoms in total. The predicted molar refractivity (Wildman–Crippen MR) is 128 cm³/mol. The molecule has 1 atom stereocenters. The van der Waals surface area contributed by atoms with Crippen molar-refractivity contribution >= 4 is 27.4 Å². The van der Waals surface area contributed by atoms with Crippen molar-refractivity contribution in [2.75, 3.05) is 36.0 Å². The fourth-order valence-corrected chi connectivity index (χ4v) is 4.57. The molecule has 170 valence electrons. The summed E-state index contributed by atoms with van der Waals surface area (Å²) in [5.41, 5.74) is 3.31. The van der Waals surface area contributed by atoms with Crippen molar-refractivity contribution in [3.8, 4) is 0 Å². The van der Waals surface area contributed by atoms with Gasteiger partial charge < -0.3 is 15.1 Å². The van der Waals surface area contributed by atoms with Crippen LogP contribution in [0.25, 0.3) is 0 Å². The first-order valence-electron chi connectivity index (χ1n) is 10.6. The summed E-state index contributed by atoms with van der Waals surface area (Å²) in [5.74, 6) is 0.0633. The lowest BCUT2D eigenvalue weighted by Gasteiger charge is -2.31. The molecule has 0 aliphatic rings. The number of nitrogens with one attached hydrogen (secondary N) is 2. The third kappa shape index (κ3) is 6.89. The molecule has 0 heterocycles. The van der Waals surface area contributed by atoms with Crippen molar-refractivity contribution < 1.29 is 13.2 Å². The van der Waals surface area contributed by atoms with E-state index in [0.717, 1.165) is 16.8 Å². The number of urea groups is 1. The topological polar surface area (TPSA) is 81.8 Å². The van der Waals surface area contributed by atoms with Gasteiger partial charge in [0.1, 0.15) is 0 Å². The highest BCUT2D eigenvalue weighted by Gasteiger charge is 2.23. The van der Waals surface area contributed by atoms with Gasteiger partial charge in [0.05, 0.1) is 18.3 Å². The molecule has 0 fully saturated rings. The van der Waals surface area contributed by atoms with Crippen LogP contribution in [0.2, 0.25) is 0 Å². The highest BCUT2D eigenvalue weighted by atomic mass is 32.2. The molecule has 0 radical (unpaired) electrons. The maximum atomic E-state index is 12.9. The average Bonchev–Trinajstić information content (AvgIpc) is 2.71. The van der Waals surface area contributed by atoms with E-state index in [-0.39, 0.29) is 17.8 Å². The zero-order valence-corrected chi connectivity index (χ0v) is 19.9. The molecule has 0 saturated carbocycles. The number of rotatable bonds is 10. The Hall–Kier alpha value is -2.74. The lowest BCUT2D eigenvalue weighted by Crippen LogP contribution is -2.41. The van der Waals surface area contributed by atoms with Crippen molar-refractivity contribution in [3.05, 3.63) is 59.7 Å². The molecule has 2 rings (SSSR count). The standard InChI is InChI=1S/C23H34N4O3S/c1-6-15-31(29,30)25-21-13-14-22(26(4)5)20(16-21)17-27(23(28)24-7-2)18(3)19-11-9-8-10-12-19/h8-14,16,18,25H,6-7,15,17H2,1-5H3,(H,24,28). The minimum atomic E-state index is -3.40. The Labute approximate surface area is 186 Å². The van der Waals surface area contributed by atoms with Crippen molar-refractivity contribution in [1.29, 1.82) is 0 Å². The molecule has 2 N–H and O–H groups in total. The first-order chi connectivity index (χ1) is 14.7. The van der Waals surface area contributed by atoms with Gasteiger partial charge in [0.25, 0.3) is 0 Å². The van der Waals surface area contributed by atoms with Crippen LogP contribution < -0.4 is 14.9 Å². The molecule has 0 aromatic heterocycles. The zero-order valence-electron chi connectivity index (χ0n) is 19.1. The average molecular weight is 447 g/mol. The summed E-state index contributed by atoms with van der Waals surface area (Å²) in [5, 5.41) is 2.90. The number of benzene rings is 2. The summed E-state index contributed by atoms with van der Waals surface area (Å²) < 4.78 is 27.1. The number of sulfonamides is 1. The maximum Gasteiger partial charge on any atom is 0.318 e. The van der Waals surface area contributed by atoms with Gasteiger partial charge in [0.2, 0.25) is 10.0 Å². The second-order valence-corrected chi connectivity index (χ2v) is 9.55. The van der Waals surface area contributed by atoms with E-state index in [1.807, 2.05) is 82.2 Å². The molecule has 2 amide bonds. The molecule has 2 aromatic rings. The van der Waals surface area contributed by atoms with Crippen LogP contribution in [0.4, 0.5) is 16.2 Å². The van der Waals surface area contributed by atoms with Crippen molar-refractivity contribution in [2.24, 2.45) is 0 Å². The van der Waals surface area contributed by atoms with Crippen LogP contribution in [-0.4, -0.2) is 45.7 Å². The molecule has 1 unspecified atom stereocenters. The van der Waals surface area contributed by atoms with E-state index >= 15 is 0 Å². The number of amides is 2. The third-order valence-corrected chi connectivity index (χ3v) is 6.48. The van der Waals surface area contributed by atoms with E-state index in [9.17, 15) is 13.2 Å². The Morgan fingerprint density at radius 2 is 1.74 bits per heavy atom. The van der Waals surface area contributed by atoms with Crippen LogP contribution >= 0.6 is 0 Å². The maximum absolute atomic E-state index is 12.9. The van der Waals surface area contributed by atoms with Crippen LogP contribution in [0.15, 0.2) is 48.5 Å². The Kier molecular flexibility index (Phi) is 8.74. The molecule has 0 aliphatic carbocycles. The summed E-state index contributed by atoms with van der Waals surface area (Å²) in [7, 11) is 0.451. The van der Waals surface area contributed by atoms with E-state index < -0.39 is 10.0 Å². The van der Waals surface area contributed by atoms with E-state index in [1.165, 1.54) is 0 Å². The molecule has 0 spiro atoms. The van der Waals surface area contributed by atoms with Gasteiger partial charge in [-0.25, -0.2) is 13.2 Å². The lowest BCUT2D eigenvalue weighted by molar-refractivity contribution is 0.176. The van der Waals surface area contributed by atoms with Crippen LogP contribution in [0.5, 0.6) is 0 Å². The van der Waals surface area contributed by atoms with E-state index in [1.54, 1.807) is 11.0 Å². The van der Waals surface area contributed by atoms with Gasteiger partial charge in [0.15, 0.2) is 0 Å². The Balaban J connectivity index is 2.43. The Morgan fingerprint density at radius 1 is 1.06 bits per heavy atom. The minimum Gasteiger partial charge on any atom is -0.377 e. The van der Waals surface area contributed by atoms with E-state index in [4.69, 9.17) is 0 Å². The van der Waals surface area contributed by atoms with E-state index in [2.05, 4.69) is 10.0 Å². The quantitative estimate of drug-likeness (QED) is 0.573. The van der Waals surface area contributed by atoms with Crippen LogP contribution in [0, 0.1) is 0 Å². The number of hydrogen-bond donors (Lipinski definition) is 2. The fourth-order valence-electron chi connectivity index (χ4n) is 3.44. The fraction of sp³-hybridized carbons (Fsp3) is 0.435. The summed E-state index contributed by atoms with van der Waals surface area (Å²) in [4.78, 5) is 16.7. The highest BCUT2D eigenvalue weighted by molar-refractivity contribution is 7.92. The Morgan fingerprint density at radius 3 is 2.32 bits per heavy atom. The summed E-state index contributed by atoms with van der Waals surface area (Å²) in [6.07, 6.45) is 0.539. The monoisotopic (exact) mass is 446 g/mol. The minimum absolute atomic E-state index is 0.0633. The highest BCUT2D eigenvalue weighted by Crippen LogP contribution is 2.29. The van der Waals surface area contributed by atoms with E-state index in [0.29, 0.717) is 25.2 Å². The number of hydrogen-bond acceptors (Lipinski definition) is 4. The van der Waals surface area contributed by atoms with Crippen molar-refractivity contribution in [1.82, 2.24) is 10.2 Å². The van der Waals surface area contributed by atoms with Gasteiger partial charge in [-0.1, -0.05) is 37.3 Å². The smallest absolute Gasteiger partial charge is 0.318 e. The van der Waals surface area contributed by atoms with Crippen LogP contribution in [0.3, 0.4) is 0 Å². The van der Waals surface area contributed by atoms with Gasteiger partial charge >= 0.3 is 6.03 Å². The lowest BCUT2D eigenvalue weighted by atomic mass is 10.1. The van der Waals surface area contributed by atoms with Crippen LogP contribution in [0.1, 0.15) is 44.4 Å². The second kappa shape index (κ2) is 11.0. The summed E-state index contributed by atoms with van der Waals surface area (Å²) in [6, 6.07) is 15.0. The second-order valence-electron chi connectivity index (χ2n) is 7.71. The molecule has 8 heteroatoms. The van der Waals surface area contributed by atoms with Gasteiger partial charge in [-0.2, -0.15) is 0 Å². The first-order valence-corrected chi connectivity index (χ1v) is 12.2. The summed E-state index contributed by atoms with van der Waals surface area (Å²) >= 11 is 0. The largest absolute Gasteiger partial charge is 0.377 e. The number of anilines is 2. The number of nitrogens with zero attached hydrogens (tertiary/aromatic N) is 2. The molecule has 0 saturated heterocycles. The Bertz CT molecular complexity index is 962. The molecular weight excluding hydrogens is 412 g/mol. The van der Waals surface area contributed by atoms with Gasteiger partial charge in [-0.3, -0.25) is 4.72 Å².